The quantitative estimate of drug-likeness (QED) is 0.378. The standard InChI is InChI=1S/C29H25ClN6O3/c1-35(29(39)26-23(31)6-4-14-33-26)21-10-7-18(8-11-21)17-36-25(16-20-5-2-3-13-32-20)27(37)34-24-15-19(30)9-12-22(24)28(36)38/h2-15,25H,16-17,31H2,1H3,(H,34,37)/t25-/m1/s1. The Morgan fingerprint density at radius 3 is 2.51 bits per heavy atom. The van der Waals surface area contributed by atoms with Gasteiger partial charge in [-0.15, -0.1) is 0 Å². The Morgan fingerprint density at radius 2 is 1.79 bits per heavy atom. The van der Waals surface area contributed by atoms with Gasteiger partial charge in [0.15, 0.2) is 5.69 Å². The summed E-state index contributed by atoms with van der Waals surface area (Å²) in [5.74, 6) is -0.973. The van der Waals surface area contributed by atoms with Crippen LogP contribution in [0.2, 0.25) is 5.02 Å². The van der Waals surface area contributed by atoms with Crippen molar-refractivity contribution in [3.63, 3.8) is 0 Å². The third-order valence-corrected chi connectivity index (χ3v) is 6.80. The fourth-order valence-electron chi connectivity index (χ4n) is 4.46. The minimum atomic E-state index is -0.811. The van der Waals surface area contributed by atoms with Gasteiger partial charge in [-0.05, 0) is 60.2 Å². The number of carbonyl (C=O) groups excluding carboxylic acids is 3. The van der Waals surface area contributed by atoms with E-state index in [4.69, 9.17) is 17.3 Å². The molecule has 0 saturated carbocycles. The molecular formula is C29H25ClN6O3. The second kappa shape index (κ2) is 10.9. The molecule has 1 atom stereocenters. The van der Waals surface area contributed by atoms with Crippen LogP contribution in [0, 0.1) is 0 Å². The van der Waals surface area contributed by atoms with Crippen LogP contribution in [-0.2, 0) is 17.8 Å². The van der Waals surface area contributed by atoms with Crippen molar-refractivity contribution in [2.45, 2.75) is 19.0 Å². The normalized spacial score (nSPS) is 14.8. The Kier molecular flexibility index (Phi) is 7.25. The van der Waals surface area contributed by atoms with Gasteiger partial charge >= 0.3 is 0 Å². The van der Waals surface area contributed by atoms with Gasteiger partial charge in [-0.3, -0.25) is 19.4 Å². The number of nitrogens with zero attached hydrogens (tertiary/aromatic N) is 4. The van der Waals surface area contributed by atoms with Crippen molar-refractivity contribution in [1.82, 2.24) is 14.9 Å². The van der Waals surface area contributed by atoms with Crippen molar-refractivity contribution in [1.29, 1.82) is 0 Å². The summed E-state index contributed by atoms with van der Waals surface area (Å²) < 4.78 is 0. The van der Waals surface area contributed by atoms with Gasteiger partial charge in [0.1, 0.15) is 6.04 Å². The molecule has 3 N–H and O–H groups in total. The molecule has 10 heteroatoms. The number of benzene rings is 2. The molecule has 4 aromatic rings. The summed E-state index contributed by atoms with van der Waals surface area (Å²) in [4.78, 5) is 51.5. The molecule has 5 rings (SSSR count). The highest BCUT2D eigenvalue weighted by Crippen LogP contribution is 2.29. The first-order valence-corrected chi connectivity index (χ1v) is 12.6. The van der Waals surface area contributed by atoms with E-state index in [0.29, 0.717) is 33.3 Å². The summed E-state index contributed by atoms with van der Waals surface area (Å²) in [5.41, 5.74) is 9.20. The van der Waals surface area contributed by atoms with Crippen LogP contribution in [-0.4, -0.2) is 45.7 Å². The lowest BCUT2D eigenvalue weighted by Crippen LogP contribution is -2.46. The van der Waals surface area contributed by atoms with Crippen LogP contribution in [0.5, 0.6) is 0 Å². The van der Waals surface area contributed by atoms with E-state index < -0.39 is 6.04 Å². The number of hydrogen-bond acceptors (Lipinski definition) is 6. The van der Waals surface area contributed by atoms with E-state index >= 15 is 0 Å². The highest BCUT2D eigenvalue weighted by atomic mass is 35.5. The number of aromatic nitrogens is 2. The second-order valence-electron chi connectivity index (χ2n) is 9.13. The van der Waals surface area contributed by atoms with Crippen molar-refractivity contribution in [3.8, 4) is 0 Å². The van der Waals surface area contributed by atoms with Crippen molar-refractivity contribution < 1.29 is 14.4 Å². The number of carbonyl (C=O) groups is 3. The average molecular weight is 541 g/mol. The fourth-order valence-corrected chi connectivity index (χ4v) is 4.63. The van der Waals surface area contributed by atoms with Gasteiger partial charge < -0.3 is 20.9 Å². The number of nitrogens with two attached hydrogens (primary N) is 1. The number of amides is 3. The molecule has 0 aliphatic carbocycles. The number of rotatable bonds is 6. The summed E-state index contributed by atoms with van der Waals surface area (Å²) in [6.07, 6.45) is 3.41. The monoisotopic (exact) mass is 540 g/mol. The lowest BCUT2D eigenvalue weighted by Gasteiger charge is -2.29. The molecule has 1 aliphatic heterocycles. The van der Waals surface area contributed by atoms with E-state index in [1.54, 1.807) is 66.7 Å². The maximum atomic E-state index is 13.8. The SMILES string of the molecule is CN(C(=O)c1ncccc1N)c1ccc(CN2C(=O)c3ccc(Cl)cc3NC(=O)[C@H]2Cc2ccccn2)cc1. The zero-order valence-electron chi connectivity index (χ0n) is 21.0. The van der Waals surface area contributed by atoms with Crippen molar-refractivity contribution in [2.24, 2.45) is 0 Å². The second-order valence-corrected chi connectivity index (χ2v) is 9.56. The number of nitrogen functional groups attached to an aromatic ring is 1. The molecule has 0 spiro atoms. The summed E-state index contributed by atoms with van der Waals surface area (Å²) in [6, 6.07) is 19.9. The summed E-state index contributed by atoms with van der Waals surface area (Å²) in [7, 11) is 1.64. The Hall–Kier alpha value is -4.76. The maximum absolute atomic E-state index is 13.8. The molecule has 0 bridgehead atoms. The summed E-state index contributed by atoms with van der Waals surface area (Å²) in [6.45, 7) is 0.164. The summed E-state index contributed by atoms with van der Waals surface area (Å²) in [5, 5.41) is 3.28. The van der Waals surface area contributed by atoms with Crippen LogP contribution in [0.15, 0.2) is 85.2 Å². The van der Waals surface area contributed by atoms with Gasteiger partial charge in [0.05, 0.1) is 16.9 Å². The predicted molar refractivity (Wildman–Crippen MR) is 150 cm³/mol. The first-order chi connectivity index (χ1) is 18.8. The van der Waals surface area contributed by atoms with Crippen LogP contribution in [0.3, 0.4) is 0 Å². The van der Waals surface area contributed by atoms with Crippen LogP contribution < -0.4 is 16.0 Å². The molecule has 0 fully saturated rings. The Balaban J connectivity index is 1.43. The van der Waals surface area contributed by atoms with E-state index in [9.17, 15) is 14.4 Å². The zero-order chi connectivity index (χ0) is 27.5. The molecule has 3 heterocycles. The number of nitrogens with one attached hydrogen (secondary N) is 1. The topological polar surface area (TPSA) is 122 Å². The highest BCUT2D eigenvalue weighted by Gasteiger charge is 2.36. The van der Waals surface area contributed by atoms with Gasteiger partial charge in [-0.1, -0.05) is 29.8 Å². The highest BCUT2D eigenvalue weighted by molar-refractivity contribution is 6.31. The largest absolute Gasteiger partial charge is 0.397 e. The molecule has 9 nitrogen and oxygen atoms in total. The van der Waals surface area contributed by atoms with Gasteiger partial charge in [-0.25, -0.2) is 4.98 Å². The molecule has 1 aliphatic rings. The lowest BCUT2D eigenvalue weighted by molar-refractivity contribution is -0.120. The summed E-state index contributed by atoms with van der Waals surface area (Å²) >= 11 is 6.14. The van der Waals surface area contributed by atoms with Gasteiger partial charge in [0, 0.05) is 48.8 Å². The zero-order valence-corrected chi connectivity index (χ0v) is 21.8. The Morgan fingerprint density at radius 1 is 1.03 bits per heavy atom. The molecular weight excluding hydrogens is 516 g/mol. The van der Waals surface area contributed by atoms with Crippen LogP contribution in [0.1, 0.15) is 32.1 Å². The average Bonchev–Trinajstić information content (AvgIpc) is 3.03. The first kappa shape index (κ1) is 25.9. The number of halogens is 1. The molecule has 0 radical (unpaired) electrons. The molecule has 0 unspecified atom stereocenters. The first-order valence-electron chi connectivity index (χ1n) is 12.2. The van der Waals surface area contributed by atoms with E-state index in [-0.39, 0.29) is 36.4 Å². The third kappa shape index (κ3) is 5.44. The van der Waals surface area contributed by atoms with Gasteiger partial charge in [0.2, 0.25) is 5.91 Å². The molecule has 39 heavy (non-hydrogen) atoms. The van der Waals surface area contributed by atoms with Crippen LogP contribution >= 0.6 is 11.6 Å². The van der Waals surface area contributed by atoms with Crippen LogP contribution in [0.4, 0.5) is 17.1 Å². The van der Waals surface area contributed by atoms with Crippen molar-refractivity contribution in [2.75, 3.05) is 23.0 Å². The van der Waals surface area contributed by atoms with E-state index in [1.165, 1.54) is 11.1 Å². The minimum Gasteiger partial charge on any atom is -0.397 e. The number of fused-ring (bicyclic) bond motifs is 1. The van der Waals surface area contributed by atoms with E-state index in [2.05, 4.69) is 15.3 Å². The molecule has 2 aromatic heterocycles. The molecule has 3 amide bonds. The lowest BCUT2D eigenvalue weighted by atomic mass is 10.1. The van der Waals surface area contributed by atoms with Crippen molar-refractivity contribution >= 4 is 46.4 Å². The molecule has 0 saturated heterocycles. The van der Waals surface area contributed by atoms with Crippen LogP contribution in [0.25, 0.3) is 0 Å². The van der Waals surface area contributed by atoms with Gasteiger partial charge in [-0.2, -0.15) is 0 Å². The molecule has 196 valence electrons. The van der Waals surface area contributed by atoms with E-state index in [0.717, 1.165) is 5.56 Å². The third-order valence-electron chi connectivity index (χ3n) is 6.56. The number of pyridine rings is 2. The van der Waals surface area contributed by atoms with E-state index in [1.807, 2.05) is 24.3 Å². The number of hydrogen-bond donors (Lipinski definition) is 2. The smallest absolute Gasteiger partial charge is 0.278 e. The Bertz CT molecular complexity index is 1540. The number of anilines is 3. The maximum Gasteiger partial charge on any atom is 0.278 e. The van der Waals surface area contributed by atoms with Crippen molar-refractivity contribution in [3.05, 3.63) is 113 Å². The fraction of sp³-hybridized carbons (Fsp3) is 0.138. The minimum absolute atomic E-state index is 0.164. The van der Waals surface area contributed by atoms with Gasteiger partial charge in [0.25, 0.3) is 11.8 Å². The Labute approximate surface area is 230 Å². The molecule has 2 aromatic carbocycles. The predicted octanol–water partition coefficient (Wildman–Crippen LogP) is 4.19.